The zero-order chi connectivity index (χ0) is 29.8. The first-order chi connectivity index (χ1) is 20.1. The number of aliphatic hydroxyl groups is 1. The van der Waals surface area contributed by atoms with Gasteiger partial charge >= 0.3 is 5.97 Å². The average Bonchev–Trinajstić information content (AvgIpc) is 3.29. The molecule has 2 fully saturated rings. The maximum atomic E-state index is 14.0. The second kappa shape index (κ2) is 10.7. The van der Waals surface area contributed by atoms with Crippen LogP contribution in [0.3, 0.4) is 0 Å². The molecule has 0 unspecified atom stereocenters. The van der Waals surface area contributed by atoms with Crippen LogP contribution >= 0.6 is 0 Å². The predicted octanol–water partition coefficient (Wildman–Crippen LogP) is 4.83. The maximum absolute atomic E-state index is 14.0. The van der Waals surface area contributed by atoms with Gasteiger partial charge in [-0.05, 0) is 68.3 Å². The van der Waals surface area contributed by atoms with Crippen molar-refractivity contribution in [3.05, 3.63) is 77.4 Å². The number of piperidine rings is 1. The van der Waals surface area contributed by atoms with Crippen molar-refractivity contribution in [3.63, 3.8) is 0 Å². The quantitative estimate of drug-likeness (QED) is 0.212. The molecule has 7 nitrogen and oxygen atoms in total. The van der Waals surface area contributed by atoms with Crippen molar-refractivity contribution in [1.29, 1.82) is 0 Å². The Morgan fingerprint density at radius 2 is 2.07 bits per heavy atom. The smallest absolute Gasteiger partial charge is 0.308 e. The van der Waals surface area contributed by atoms with Crippen molar-refractivity contribution >= 4 is 18.0 Å². The summed E-state index contributed by atoms with van der Waals surface area (Å²) in [5, 5.41) is 12.8. The molecule has 7 heteroatoms. The fraction of sp³-hybridized carbons (Fsp3) is 0.486. The minimum absolute atomic E-state index is 0.0616. The molecular weight excluding hydrogens is 528 g/mol. The van der Waals surface area contributed by atoms with Crippen LogP contribution in [0, 0.1) is 12.8 Å². The first-order valence-electron chi connectivity index (χ1n) is 15.2. The third-order valence-corrected chi connectivity index (χ3v) is 9.85. The van der Waals surface area contributed by atoms with E-state index in [-0.39, 0.29) is 23.9 Å². The third kappa shape index (κ3) is 4.40. The number of hydrogen-bond donors (Lipinski definition) is 1. The van der Waals surface area contributed by atoms with Gasteiger partial charge in [0.05, 0.1) is 17.1 Å². The molecule has 2 aromatic carbocycles. The first kappa shape index (κ1) is 28.7. The molecule has 0 radical (unpaired) electrons. The molecule has 2 aliphatic carbocycles. The van der Waals surface area contributed by atoms with Crippen molar-refractivity contribution < 1.29 is 24.2 Å². The first-order valence-corrected chi connectivity index (χ1v) is 15.2. The number of likely N-dealkylation sites (tertiary alicyclic amines) is 1. The molecule has 2 aromatic rings. The van der Waals surface area contributed by atoms with E-state index in [9.17, 15) is 14.7 Å². The second-order valence-electron chi connectivity index (χ2n) is 12.9. The molecule has 6 rings (SSSR count). The van der Waals surface area contributed by atoms with Crippen LogP contribution in [0.1, 0.15) is 62.3 Å². The number of aryl methyl sites for hydroxylation is 1. The highest BCUT2D eigenvalue weighted by atomic mass is 16.6. The van der Waals surface area contributed by atoms with Crippen molar-refractivity contribution in [2.24, 2.45) is 5.92 Å². The van der Waals surface area contributed by atoms with Gasteiger partial charge in [-0.2, -0.15) is 0 Å². The molecule has 1 amide bonds. The van der Waals surface area contributed by atoms with Gasteiger partial charge in [-0.15, -0.1) is 6.58 Å². The Balaban J connectivity index is 1.45. The zero-order valence-electron chi connectivity index (χ0n) is 25.1. The van der Waals surface area contributed by atoms with Gasteiger partial charge in [0.15, 0.2) is 11.5 Å². The van der Waals surface area contributed by atoms with Gasteiger partial charge < -0.3 is 19.5 Å². The second-order valence-corrected chi connectivity index (χ2v) is 12.9. The number of hydrogen-bond acceptors (Lipinski definition) is 6. The standard InChI is InChI=1S/C35H42N2O5/c1-6-17-36-18-16-34-31-26-11-12-28(41-24(5)38)32(31)42-33(34)27(14-15-35(34,40)29(36)20-26)37(21-22(2)3)30(39)13-10-25-9-7-8-23(4)19-25/h6-13,19,22,27,29,33,40H,1,14-18,20-21H2,2-5H3/t27-,29-,33+,34+,35-/m1/s1. The van der Waals surface area contributed by atoms with E-state index in [4.69, 9.17) is 9.47 Å². The van der Waals surface area contributed by atoms with E-state index in [0.717, 1.165) is 28.8 Å². The van der Waals surface area contributed by atoms with Crippen LogP contribution in [0.4, 0.5) is 0 Å². The highest BCUT2D eigenvalue weighted by Crippen LogP contribution is 2.66. The van der Waals surface area contributed by atoms with Gasteiger partial charge in [-0.1, -0.05) is 55.8 Å². The Labute approximate surface area is 248 Å². The van der Waals surface area contributed by atoms with Crippen molar-refractivity contribution in [3.8, 4) is 11.5 Å². The van der Waals surface area contributed by atoms with E-state index in [1.807, 2.05) is 54.3 Å². The number of rotatable bonds is 8. The molecule has 42 heavy (non-hydrogen) atoms. The van der Waals surface area contributed by atoms with Crippen LogP contribution in [0.25, 0.3) is 6.08 Å². The van der Waals surface area contributed by atoms with E-state index in [0.29, 0.717) is 50.3 Å². The van der Waals surface area contributed by atoms with Crippen LogP contribution in [-0.4, -0.2) is 70.2 Å². The predicted molar refractivity (Wildman–Crippen MR) is 162 cm³/mol. The number of amides is 1. The highest BCUT2D eigenvalue weighted by Gasteiger charge is 2.73. The number of benzene rings is 2. The molecule has 2 heterocycles. The molecule has 1 spiro atoms. The molecule has 0 aromatic heterocycles. The SMILES string of the molecule is C=CCN1CC[C@]23c4c5ccc(OC(C)=O)c4O[C@H]2[C@H](N(CC(C)C)C(=O)C=Cc2cccc(C)c2)CC[C@@]3(O)[C@H]1C5. The van der Waals surface area contributed by atoms with Gasteiger partial charge in [-0.3, -0.25) is 14.5 Å². The Morgan fingerprint density at radius 3 is 2.79 bits per heavy atom. The summed E-state index contributed by atoms with van der Waals surface area (Å²) in [7, 11) is 0. The van der Waals surface area contributed by atoms with Gasteiger partial charge in [0.25, 0.3) is 0 Å². The summed E-state index contributed by atoms with van der Waals surface area (Å²) >= 11 is 0. The van der Waals surface area contributed by atoms with Crippen molar-refractivity contribution in [2.75, 3.05) is 19.6 Å². The van der Waals surface area contributed by atoms with Crippen molar-refractivity contribution in [2.45, 2.75) is 82.6 Å². The summed E-state index contributed by atoms with van der Waals surface area (Å²) in [6, 6.07) is 11.6. The lowest BCUT2D eigenvalue weighted by Gasteiger charge is -2.64. The van der Waals surface area contributed by atoms with E-state index >= 15 is 0 Å². The molecule has 2 bridgehead atoms. The Hall–Kier alpha value is -3.42. The van der Waals surface area contributed by atoms with E-state index in [2.05, 4.69) is 31.4 Å². The molecule has 4 aliphatic rings. The molecule has 1 saturated heterocycles. The summed E-state index contributed by atoms with van der Waals surface area (Å²) in [6.07, 6.45) is 7.52. The number of carbonyl (C=O) groups excluding carboxylic acids is 2. The highest BCUT2D eigenvalue weighted by molar-refractivity contribution is 5.92. The summed E-state index contributed by atoms with van der Waals surface area (Å²) < 4.78 is 12.5. The fourth-order valence-electron chi connectivity index (χ4n) is 8.35. The topological polar surface area (TPSA) is 79.3 Å². The number of carbonyl (C=O) groups is 2. The van der Waals surface area contributed by atoms with Crippen molar-refractivity contribution in [1.82, 2.24) is 9.80 Å². The zero-order valence-corrected chi connectivity index (χ0v) is 25.1. The summed E-state index contributed by atoms with van der Waals surface area (Å²) in [5.74, 6) is 0.707. The molecule has 2 aliphatic heterocycles. The summed E-state index contributed by atoms with van der Waals surface area (Å²) in [6.45, 7) is 13.7. The molecular formula is C35H42N2O5. The molecule has 222 valence electrons. The fourth-order valence-corrected chi connectivity index (χ4v) is 8.35. The van der Waals surface area contributed by atoms with Crippen LogP contribution in [-0.2, 0) is 21.4 Å². The summed E-state index contributed by atoms with van der Waals surface area (Å²) in [4.78, 5) is 30.4. The Bertz CT molecular complexity index is 1450. The van der Waals surface area contributed by atoms with Crippen LogP contribution in [0.15, 0.2) is 55.1 Å². The van der Waals surface area contributed by atoms with E-state index < -0.39 is 23.1 Å². The third-order valence-electron chi connectivity index (χ3n) is 9.85. The molecule has 5 atom stereocenters. The molecule has 1 saturated carbocycles. The van der Waals surface area contributed by atoms with E-state index in [1.165, 1.54) is 6.92 Å². The maximum Gasteiger partial charge on any atom is 0.308 e. The largest absolute Gasteiger partial charge is 0.483 e. The van der Waals surface area contributed by atoms with Crippen LogP contribution < -0.4 is 9.47 Å². The van der Waals surface area contributed by atoms with Gasteiger partial charge in [0.1, 0.15) is 6.10 Å². The number of esters is 1. The lowest BCUT2D eigenvalue weighted by atomic mass is 9.48. The number of nitrogens with zero attached hydrogens (tertiary/aromatic N) is 2. The number of ether oxygens (including phenoxy) is 2. The monoisotopic (exact) mass is 570 g/mol. The Kier molecular flexibility index (Phi) is 7.30. The summed E-state index contributed by atoms with van der Waals surface area (Å²) in [5.41, 5.74) is 2.45. The molecule has 1 N–H and O–H groups in total. The van der Waals surface area contributed by atoms with Crippen LogP contribution in [0.5, 0.6) is 11.5 Å². The lowest BCUT2D eigenvalue weighted by molar-refractivity contribution is -0.199. The van der Waals surface area contributed by atoms with Crippen LogP contribution in [0.2, 0.25) is 0 Å². The minimum atomic E-state index is -1.05. The van der Waals surface area contributed by atoms with Gasteiger partial charge in [-0.25, -0.2) is 0 Å². The minimum Gasteiger partial charge on any atom is -0.483 e. The van der Waals surface area contributed by atoms with Gasteiger partial charge in [0, 0.05) is 37.7 Å². The van der Waals surface area contributed by atoms with Gasteiger partial charge in [0.2, 0.25) is 5.91 Å². The lowest BCUT2D eigenvalue weighted by Crippen LogP contribution is -2.78. The van der Waals surface area contributed by atoms with E-state index in [1.54, 1.807) is 6.08 Å². The normalized spacial score (nSPS) is 29.2. The average molecular weight is 571 g/mol. The Morgan fingerprint density at radius 1 is 1.26 bits per heavy atom.